The number of amides is 2. The zero-order chi connectivity index (χ0) is 26.2. The van der Waals surface area contributed by atoms with Crippen molar-refractivity contribution in [3.8, 4) is 0 Å². The largest absolute Gasteiger partial charge is 0.337 e. The molecule has 0 saturated carbocycles. The quantitative estimate of drug-likeness (QED) is 0.525. The number of piperidine rings is 1. The Hall–Kier alpha value is -2.74. The fourth-order valence-electron chi connectivity index (χ4n) is 5.87. The average Bonchev–Trinajstić information content (AvgIpc) is 3.41. The molecule has 0 radical (unpaired) electrons. The van der Waals surface area contributed by atoms with Crippen LogP contribution in [0.1, 0.15) is 77.7 Å². The van der Waals surface area contributed by atoms with Crippen LogP contribution in [0.15, 0.2) is 36.9 Å². The van der Waals surface area contributed by atoms with Gasteiger partial charge in [-0.3, -0.25) is 19.2 Å². The molecule has 3 heterocycles. The lowest BCUT2D eigenvalue weighted by Gasteiger charge is -2.44. The molecule has 0 N–H and O–H groups in total. The third-order valence-electron chi connectivity index (χ3n) is 7.94. The van der Waals surface area contributed by atoms with Crippen molar-refractivity contribution in [3.63, 3.8) is 0 Å². The molecule has 8 heteroatoms. The van der Waals surface area contributed by atoms with Crippen molar-refractivity contribution in [1.29, 1.82) is 0 Å². The Morgan fingerprint density at radius 1 is 1.05 bits per heavy atom. The molecular weight excluding hydrogens is 464 g/mol. The smallest absolute Gasteiger partial charge is 0.226 e. The second kappa shape index (κ2) is 13.2. The van der Waals surface area contributed by atoms with E-state index in [2.05, 4.69) is 45.9 Å². The van der Waals surface area contributed by atoms with Crippen LogP contribution < -0.4 is 4.90 Å². The lowest BCUT2D eigenvalue weighted by molar-refractivity contribution is -0.133. The molecule has 2 aliphatic rings. The van der Waals surface area contributed by atoms with E-state index in [0.29, 0.717) is 43.9 Å². The maximum atomic E-state index is 13.7. The van der Waals surface area contributed by atoms with Gasteiger partial charge in [0.25, 0.3) is 0 Å². The number of aromatic nitrogens is 3. The first kappa shape index (κ1) is 27.3. The minimum absolute atomic E-state index is 0.151. The molecule has 2 bridgehead atoms. The normalized spacial score (nSPS) is 21.0. The Morgan fingerprint density at radius 3 is 2.62 bits per heavy atom. The van der Waals surface area contributed by atoms with E-state index in [-0.39, 0.29) is 11.8 Å². The van der Waals surface area contributed by atoms with Gasteiger partial charge in [-0.05, 0) is 56.2 Å². The molecular formula is C29H44N6O2. The summed E-state index contributed by atoms with van der Waals surface area (Å²) >= 11 is 0. The number of hydrogen-bond acceptors (Lipinski definition) is 5. The third kappa shape index (κ3) is 7.18. The van der Waals surface area contributed by atoms with Crippen LogP contribution in [-0.4, -0.2) is 68.1 Å². The van der Waals surface area contributed by atoms with Gasteiger partial charge in [0.1, 0.15) is 12.7 Å². The summed E-state index contributed by atoms with van der Waals surface area (Å²) in [6, 6.07) is 8.97. The van der Waals surface area contributed by atoms with E-state index >= 15 is 0 Å². The van der Waals surface area contributed by atoms with Gasteiger partial charge in [-0.2, -0.15) is 5.10 Å². The highest BCUT2D eigenvalue weighted by atomic mass is 16.2. The van der Waals surface area contributed by atoms with Crippen LogP contribution in [0.3, 0.4) is 0 Å². The Labute approximate surface area is 222 Å². The highest BCUT2D eigenvalue weighted by molar-refractivity contribution is 5.94. The SMILES string of the molecule is CCC(=O)N1CCC2CCCC(CN(C(=O)CCCn3cncn3)Cc3ccccc31)N2CCC(C)C. The molecule has 1 aromatic carbocycles. The van der Waals surface area contributed by atoms with Crippen LogP contribution in [0.4, 0.5) is 5.69 Å². The van der Waals surface area contributed by atoms with Crippen LogP contribution in [0.5, 0.6) is 0 Å². The summed E-state index contributed by atoms with van der Waals surface area (Å²) in [5.74, 6) is 0.961. The molecule has 8 nitrogen and oxygen atoms in total. The van der Waals surface area contributed by atoms with Crippen molar-refractivity contribution >= 4 is 17.5 Å². The van der Waals surface area contributed by atoms with Gasteiger partial charge in [0.2, 0.25) is 11.8 Å². The molecule has 2 atom stereocenters. The number of rotatable bonds is 8. The molecule has 37 heavy (non-hydrogen) atoms. The first-order chi connectivity index (χ1) is 18.0. The third-order valence-corrected chi connectivity index (χ3v) is 7.94. The number of benzene rings is 1. The zero-order valence-corrected chi connectivity index (χ0v) is 22.9. The van der Waals surface area contributed by atoms with E-state index in [1.54, 1.807) is 11.0 Å². The molecule has 2 aromatic rings. The number of carbonyl (C=O) groups is 2. The summed E-state index contributed by atoms with van der Waals surface area (Å²) < 4.78 is 1.78. The molecule has 1 saturated heterocycles. The number of carbonyl (C=O) groups excluding carboxylic acids is 2. The predicted octanol–water partition coefficient (Wildman–Crippen LogP) is 4.50. The van der Waals surface area contributed by atoms with Crippen molar-refractivity contribution in [2.45, 2.75) is 97.3 Å². The number of hydrogen-bond donors (Lipinski definition) is 0. The van der Waals surface area contributed by atoms with Crippen LogP contribution >= 0.6 is 0 Å². The number of para-hydroxylation sites is 1. The van der Waals surface area contributed by atoms with E-state index in [1.807, 2.05) is 24.0 Å². The van der Waals surface area contributed by atoms with Crippen molar-refractivity contribution < 1.29 is 9.59 Å². The van der Waals surface area contributed by atoms with E-state index < -0.39 is 0 Å². The topological polar surface area (TPSA) is 74.6 Å². The Balaban J connectivity index is 1.62. The maximum Gasteiger partial charge on any atom is 0.226 e. The van der Waals surface area contributed by atoms with Gasteiger partial charge in [-0.25, -0.2) is 4.98 Å². The van der Waals surface area contributed by atoms with Gasteiger partial charge < -0.3 is 9.80 Å². The van der Waals surface area contributed by atoms with E-state index in [0.717, 1.165) is 63.0 Å². The number of fused-ring (bicyclic) bond motifs is 3. The monoisotopic (exact) mass is 508 g/mol. The van der Waals surface area contributed by atoms with Gasteiger partial charge in [-0.1, -0.05) is 45.4 Å². The van der Waals surface area contributed by atoms with Gasteiger partial charge in [0.05, 0.1) is 0 Å². The lowest BCUT2D eigenvalue weighted by atomic mass is 9.92. The Morgan fingerprint density at radius 2 is 1.86 bits per heavy atom. The first-order valence-corrected chi connectivity index (χ1v) is 14.2. The van der Waals surface area contributed by atoms with Crippen molar-refractivity contribution in [2.75, 3.05) is 24.5 Å². The second-order valence-electron chi connectivity index (χ2n) is 11.0. The van der Waals surface area contributed by atoms with Gasteiger partial charge in [0, 0.05) is 56.8 Å². The lowest BCUT2D eigenvalue weighted by Crippen LogP contribution is -2.53. The predicted molar refractivity (Wildman–Crippen MR) is 146 cm³/mol. The maximum absolute atomic E-state index is 13.7. The van der Waals surface area contributed by atoms with Crippen molar-refractivity contribution in [3.05, 3.63) is 42.5 Å². The molecule has 0 spiro atoms. The average molecular weight is 509 g/mol. The summed E-state index contributed by atoms with van der Waals surface area (Å²) in [5.41, 5.74) is 2.01. The van der Waals surface area contributed by atoms with Crippen molar-refractivity contribution in [1.82, 2.24) is 24.6 Å². The fraction of sp³-hybridized carbons (Fsp3) is 0.655. The fourth-order valence-corrected chi connectivity index (χ4v) is 5.87. The number of nitrogens with zero attached hydrogens (tertiary/aromatic N) is 6. The minimum atomic E-state index is 0.151. The van der Waals surface area contributed by atoms with Crippen LogP contribution in [0, 0.1) is 5.92 Å². The second-order valence-corrected chi connectivity index (χ2v) is 11.0. The summed E-state index contributed by atoms with van der Waals surface area (Å²) in [6.07, 6.45) is 10.5. The number of anilines is 1. The summed E-state index contributed by atoms with van der Waals surface area (Å²) in [4.78, 5) is 37.5. The Bertz CT molecular complexity index is 1010. The van der Waals surface area contributed by atoms with E-state index in [1.165, 1.54) is 12.7 Å². The molecule has 2 unspecified atom stereocenters. The molecule has 2 aliphatic heterocycles. The van der Waals surface area contributed by atoms with E-state index in [4.69, 9.17) is 0 Å². The number of aryl methyl sites for hydroxylation is 1. The van der Waals surface area contributed by atoms with Crippen LogP contribution in [0.25, 0.3) is 0 Å². The van der Waals surface area contributed by atoms with Crippen molar-refractivity contribution in [2.24, 2.45) is 5.92 Å². The van der Waals surface area contributed by atoms with Crippen LogP contribution in [-0.2, 0) is 22.7 Å². The summed E-state index contributed by atoms with van der Waals surface area (Å²) in [6.45, 7) is 10.2. The molecule has 1 fully saturated rings. The molecule has 2 amide bonds. The Kier molecular flexibility index (Phi) is 9.72. The molecule has 4 rings (SSSR count). The standard InChI is InChI=1S/C29H44N6O2/c1-4-28(36)35-18-15-25-10-7-11-26(34(25)17-14-23(2)3)20-32(19-24-9-5-6-12-27(24)35)29(37)13-8-16-33-22-30-21-31-33/h5-6,9,12,21-23,25-26H,4,7-8,10-11,13-20H2,1-3H3. The minimum Gasteiger partial charge on any atom is -0.337 e. The molecule has 202 valence electrons. The van der Waals surface area contributed by atoms with Crippen LogP contribution in [0.2, 0.25) is 0 Å². The molecule has 0 aliphatic carbocycles. The van der Waals surface area contributed by atoms with Gasteiger partial charge in [-0.15, -0.1) is 0 Å². The van der Waals surface area contributed by atoms with Gasteiger partial charge in [0.15, 0.2) is 0 Å². The highest BCUT2D eigenvalue weighted by Crippen LogP contribution is 2.31. The van der Waals surface area contributed by atoms with E-state index in [9.17, 15) is 9.59 Å². The summed E-state index contributed by atoms with van der Waals surface area (Å²) in [7, 11) is 0. The summed E-state index contributed by atoms with van der Waals surface area (Å²) in [5, 5.41) is 4.17. The van der Waals surface area contributed by atoms with Gasteiger partial charge >= 0.3 is 0 Å². The zero-order valence-electron chi connectivity index (χ0n) is 22.9. The highest BCUT2D eigenvalue weighted by Gasteiger charge is 2.34. The first-order valence-electron chi connectivity index (χ1n) is 14.2. The molecule has 1 aromatic heterocycles.